The van der Waals surface area contributed by atoms with E-state index in [-0.39, 0.29) is 17.7 Å². The molecule has 0 bridgehead atoms. The van der Waals surface area contributed by atoms with Gasteiger partial charge in [-0.15, -0.1) is 0 Å². The summed E-state index contributed by atoms with van der Waals surface area (Å²) in [6.45, 7) is 4.67. The molecule has 1 atom stereocenters. The Bertz CT molecular complexity index is 699. The number of carbonyl (C=O) groups excluding carboxylic acids is 1. The molecule has 1 amide bonds. The molecule has 1 unspecified atom stereocenters. The van der Waals surface area contributed by atoms with Crippen LogP contribution in [0.3, 0.4) is 0 Å². The molecule has 116 valence electrons. The second-order valence-corrected chi connectivity index (χ2v) is 5.99. The fourth-order valence-corrected chi connectivity index (χ4v) is 2.52. The van der Waals surface area contributed by atoms with Crippen molar-refractivity contribution in [3.05, 3.63) is 40.4 Å². The normalized spacial score (nSPS) is 16.5. The van der Waals surface area contributed by atoms with Gasteiger partial charge in [0.15, 0.2) is 5.82 Å². The first kappa shape index (κ1) is 14.8. The maximum absolute atomic E-state index is 12.3. The van der Waals surface area contributed by atoms with Gasteiger partial charge in [-0.3, -0.25) is 9.89 Å². The summed E-state index contributed by atoms with van der Waals surface area (Å²) in [6.07, 6.45) is 0. The number of ether oxygens (including phenoxy) is 1. The van der Waals surface area contributed by atoms with Gasteiger partial charge in [0.1, 0.15) is 24.1 Å². The zero-order chi connectivity index (χ0) is 15.7. The van der Waals surface area contributed by atoms with E-state index in [4.69, 9.17) is 16.3 Å². The average molecular weight is 321 g/mol. The number of fused-ring (bicyclic) bond motifs is 1. The van der Waals surface area contributed by atoms with Crippen LogP contribution in [-0.4, -0.2) is 27.7 Å². The number of carbonyl (C=O) groups is 1. The highest BCUT2D eigenvalue weighted by Gasteiger charge is 2.30. The summed E-state index contributed by atoms with van der Waals surface area (Å²) in [4.78, 5) is 16.7. The Morgan fingerprint density at radius 3 is 3.09 bits per heavy atom. The van der Waals surface area contributed by atoms with Crippen molar-refractivity contribution < 1.29 is 9.53 Å². The summed E-state index contributed by atoms with van der Waals surface area (Å²) in [7, 11) is 0. The van der Waals surface area contributed by atoms with Gasteiger partial charge in [-0.1, -0.05) is 25.4 Å². The summed E-state index contributed by atoms with van der Waals surface area (Å²) < 4.78 is 5.52. The monoisotopic (exact) mass is 320 g/mol. The second-order valence-electron chi connectivity index (χ2n) is 5.56. The first-order chi connectivity index (χ1) is 10.5. The number of rotatable bonds is 4. The van der Waals surface area contributed by atoms with E-state index in [1.165, 1.54) is 0 Å². The largest absolute Gasteiger partial charge is 0.492 e. The molecule has 2 N–H and O–H groups in total. The molecule has 1 aromatic carbocycles. The Hall–Kier alpha value is -2.08. The minimum atomic E-state index is -0.346. The van der Waals surface area contributed by atoms with Gasteiger partial charge in [-0.2, -0.15) is 5.10 Å². The zero-order valence-electron chi connectivity index (χ0n) is 12.4. The average Bonchev–Trinajstić information content (AvgIpc) is 3.11. The Kier molecular flexibility index (Phi) is 4.02. The van der Waals surface area contributed by atoms with Crippen LogP contribution in [0.2, 0.25) is 5.02 Å². The second kappa shape index (κ2) is 5.96. The molecule has 0 radical (unpaired) electrons. The zero-order valence-corrected chi connectivity index (χ0v) is 13.1. The number of hydrogen-bond acceptors (Lipinski definition) is 4. The Morgan fingerprint density at radius 2 is 2.36 bits per heavy atom. The quantitative estimate of drug-likeness (QED) is 0.906. The number of amides is 1. The molecule has 3 rings (SSSR count). The standard InChI is InChI=1S/C15H17ClN4O2/c1-8(2)14-18-13(19-20-14)6-17-15(21)11-7-22-12-4-3-9(16)5-10(11)12/h3-5,8,11H,6-7H2,1-2H3,(H,17,21)(H,18,19,20). The van der Waals surface area contributed by atoms with Crippen molar-refractivity contribution in [3.8, 4) is 5.75 Å². The molecule has 0 fully saturated rings. The van der Waals surface area contributed by atoms with Crippen LogP contribution in [0.4, 0.5) is 0 Å². The molecule has 1 aliphatic heterocycles. The molecule has 6 nitrogen and oxygen atoms in total. The van der Waals surface area contributed by atoms with Crippen LogP contribution in [-0.2, 0) is 11.3 Å². The van der Waals surface area contributed by atoms with E-state index in [0.29, 0.717) is 29.7 Å². The van der Waals surface area contributed by atoms with Crippen LogP contribution in [0.15, 0.2) is 18.2 Å². The third kappa shape index (κ3) is 2.92. The third-order valence-electron chi connectivity index (χ3n) is 3.56. The van der Waals surface area contributed by atoms with E-state index in [9.17, 15) is 4.79 Å². The molecule has 0 saturated heterocycles. The molecule has 0 saturated carbocycles. The minimum Gasteiger partial charge on any atom is -0.492 e. The number of benzene rings is 1. The van der Waals surface area contributed by atoms with Gasteiger partial charge in [0.2, 0.25) is 5.91 Å². The lowest BCUT2D eigenvalue weighted by Crippen LogP contribution is -2.30. The van der Waals surface area contributed by atoms with Crippen LogP contribution < -0.4 is 10.1 Å². The molecule has 2 heterocycles. The fraction of sp³-hybridized carbons (Fsp3) is 0.400. The first-order valence-electron chi connectivity index (χ1n) is 7.15. The van der Waals surface area contributed by atoms with E-state index in [2.05, 4.69) is 20.5 Å². The van der Waals surface area contributed by atoms with Gasteiger partial charge in [0, 0.05) is 16.5 Å². The number of aromatic nitrogens is 3. The lowest BCUT2D eigenvalue weighted by molar-refractivity contribution is -0.122. The SMILES string of the molecule is CC(C)c1n[nH]c(CNC(=O)C2COc3ccc(Cl)cc32)n1. The Labute approximate surface area is 133 Å². The van der Waals surface area contributed by atoms with Crippen molar-refractivity contribution in [1.82, 2.24) is 20.5 Å². The van der Waals surface area contributed by atoms with Crippen molar-refractivity contribution in [2.24, 2.45) is 0 Å². The van der Waals surface area contributed by atoms with Crippen molar-refractivity contribution in [3.63, 3.8) is 0 Å². The van der Waals surface area contributed by atoms with Crippen LogP contribution in [0.25, 0.3) is 0 Å². The summed E-state index contributed by atoms with van der Waals surface area (Å²) in [6, 6.07) is 5.32. The van der Waals surface area contributed by atoms with Gasteiger partial charge in [-0.05, 0) is 18.2 Å². The van der Waals surface area contributed by atoms with Gasteiger partial charge in [0.05, 0.1) is 6.54 Å². The summed E-state index contributed by atoms with van der Waals surface area (Å²) >= 11 is 5.99. The summed E-state index contributed by atoms with van der Waals surface area (Å²) in [5.74, 6) is 1.89. The predicted molar refractivity (Wildman–Crippen MR) is 82.0 cm³/mol. The Balaban J connectivity index is 1.65. The molecule has 0 aliphatic carbocycles. The highest BCUT2D eigenvalue weighted by atomic mass is 35.5. The smallest absolute Gasteiger partial charge is 0.231 e. The molecule has 22 heavy (non-hydrogen) atoms. The number of H-pyrrole nitrogens is 1. The highest BCUT2D eigenvalue weighted by molar-refractivity contribution is 6.30. The predicted octanol–water partition coefficient (Wildman–Crippen LogP) is 2.37. The fourth-order valence-electron chi connectivity index (χ4n) is 2.34. The van der Waals surface area contributed by atoms with Crippen molar-refractivity contribution in [2.45, 2.75) is 32.2 Å². The van der Waals surface area contributed by atoms with Gasteiger partial charge in [0.25, 0.3) is 0 Å². The van der Waals surface area contributed by atoms with E-state index in [1.54, 1.807) is 18.2 Å². The number of nitrogens with one attached hydrogen (secondary N) is 2. The number of halogens is 1. The van der Waals surface area contributed by atoms with Crippen LogP contribution in [0.5, 0.6) is 5.75 Å². The third-order valence-corrected chi connectivity index (χ3v) is 3.80. The molecule has 0 spiro atoms. The van der Waals surface area contributed by atoms with Crippen molar-refractivity contribution >= 4 is 17.5 Å². The van der Waals surface area contributed by atoms with Crippen molar-refractivity contribution in [1.29, 1.82) is 0 Å². The molecular formula is C15H17ClN4O2. The van der Waals surface area contributed by atoms with E-state index < -0.39 is 0 Å². The molecule has 2 aromatic rings. The van der Waals surface area contributed by atoms with Crippen LogP contribution in [0, 0.1) is 0 Å². The minimum absolute atomic E-state index is 0.108. The van der Waals surface area contributed by atoms with E-state index in [0.717, 1.165) is 11.4 Å². The topological polar surface area (TPSA) is 79.9 Å². The van der Waals surface area contributed by atoms with Gasteiger partial charge >= 0.3 is 0 Å². The van der Waals surface area contributed by atoms with Crippen LogP contribution >= 0.6 is 11.6 Å². The lowest BCUT2D eigenvalue weighted by atomic mass is 10.0. The first-order valence-corrected chi connectivity index (χ1v) is 7.53. The maximum Gasteiger partial charge on any atom is 0.231 e. The van der Waals surface area contributed by atoms with Gasteiger partial charge < -0.3 is 10.1 Å². The molecule has 1 aromatic heterocycles. The van der Waals surface area contributed by atoms with E-state index in [1.807, 2.05) is 13.8 Å². The number of hydrogen-bond donors (Lipinski definition) is 2. The van der Waals surface area contributed by atoms with Crippen LogP contribution in [0.1, 0.15) is 42.9 Å². The summed E-state index contributed by atoms with van der Waals surface area (Å²) in [5, 5.41) is 10.4. The Morgan fingerprint density at radius 1 is 1.55 bits per heavy atom. The molecule has 7 heteroatoms. The summed E-state index contributed by atoms with van der Waals surface area (Å²) in [5.41, 5.74) is 0.824. The maximum atomic E-state index is 12.3. The highest BCUT2D eigenvalue weighted by Crippen LogP contribution is 2.35. The van der Waals surface area contributed by atoms with E-state index >= 15 is 0 Å². The van der Waals surface area contributed by atoms with Crippen molar-refractivity contribution in [2.75, 3.05) is 6.61 Å². The molecule has 1 aliphatic rings. The van der Waals surface area contributed by atoms with Gasteiger partial charge in [-0.25, -0.2) is 4.98 Å². The molecular weight excluding hydrogens is 304 g/mol. The number of nitrogens with zero attached hydrogens (tertiary/aromatic N) is 2. The number of aromatic amines is 1. The lowest BCUT2D eigenvalue weighted by Gasteiger charge is -2.09.